The van der Waals surface area contributed by atoms with E-state index in [9.17, 15) is 16.8 Å². The monoisotopic (exact) mass is 593 g/mol. The smallest absolute Gasteiger partial charge is 0.276 e. The molecule has 1 heterocycles. The van der Waals surface area contributed by atoms with Crippen LogP contribution in [0.1, 0.15) is 22.8 Å². The maximum absolute atomic E-state index is 12.9. The second-order valence-electron chi connectivity index (χ2n) is 8.27. The van der Waals surface area contributed by atoms with Crippen LogP contribution in [0.4, 0.5) is 0 Å². The van der Waals surface area contributed by atoms with E-state index in [-0.39, 0.29) is 26.2 Å². The molecule has 1 aliphatic heterocycles. The van der Waals surface area contributed by atoms with Crippen LogP contribution in [0.5, 0.6) is 0 Å². The van der Waals surface area contributed by atoms with Crippen molar-refractivity contribution in [1.82, 2.24) is 9.66 Å². The Morgan fingerprint density at radius 3 is 1.79 bits per heavy atom. The average molecular weight is 595 g/mol. The second-order valence-corrected chi connectivity index (χ2v) is 12.4. The molecule has 1 atom stereocenters. The van der Waals surface area contributed by atoms with Gasteiger partial charge in [0.05, 0.1) is 9.79 Å². The lowest BCUT2D eigenvalue weighted by Gasteiger charge is -2.13. The fourth-order valence-corrected chi connectivity index (χ4v) is 5.51. The van der Waals surface area contributed by atoms with E-state index < -0.39 is 32.0 Å². The predicted molar refractivity (Wildman–Crippen MR) is 146 cm³/mol. The highest BCUT2D eigenvalue weighted by atomic mass is 35.5. The number of hydrogen-bond donors (Lipinski definition) is 3. The maximum atomic E-state index is 12.9. The van der Waals surface area contributed by atoms with Gasteiger partial charge in [0.15, 0.2) is 11.8 Å². The Kier molecular flexibility index (Phi) is 7.79. The molecule has 4 rings (SSSR count). The van der Waals surface area contributed by atoms with E-state index in [4.69, 9.17) is 33.3 Å². The van der Waals surface area contributed by atoms with Crippen LogP contribution in [0, 0.1) is 19.3 Å². The molecule has 0 bridgehead atoms. The average Bonchev–Trinajstić information content (AvgIpc) is 3.17. The molecule has 0 spiro atoms. The summed E-state index contributed by atoms with van der Waals surface area (Å²) < 4.78 is 56.9. The molecule has 0 aliphatic carbocycles. The highest BCUT2D eigenvalue weighted by Gasteiger charge is 2.39. The van der Waals surface area contributed by atoms with Gasteiger partial charge in [0.1, 0.15) is 5.71 Å². The highest BCUT2D eigenvalue weighted by Crippen LogP contribution is 2.33. The minimum Gasteiger partial charge on any atom is -0.461 e. The third-order valence-corrected chi connectivity index (χ3v) is 8.42. The van der Waals surface area contributed by atoms with Crippen LogP contribution in [0.2, 0.25) is 10.0 Å². The largest absolute Gasteiger partial charge is 0.461 e. The third-order valence-electron chi connectivity index (χ3n) is 5.41. The molecule has 1 saturated heterocycles. The molecule has 1 aliphatic rings. The number of halogens is 2. The van der Waals surface area contributed by atoms with Gasteiger partial charge in [-0.15, -0.1) is 0 Å². The number of nitrogens with one attached hydrogen (secondary N) is 3. The zero-order valence-electron chi connectivity index (χ0n) is 19.9. The fourth-order valence-electron chi connectivity index (χ4n) is 3.37. The van der Waals surface area contributed by atoms with E-state index in [2.05, 4.69) is 19.9 Å². The van der Waals surface area contributed by atoms with Crippen molar-refractivity contribution in [2.45, 2.75) is 29.7 Å². The van der Waals surface area contributed by atoms with Crippen molar-refractivity contribution in [2.24, 2.45) is 10.2 Å². The Labute approximate surface area is 229 Å². The summed E-state index contributed by atoms with van der Waals surface area (Å²) in [6.45, 7) is 3.62. The first-order chi connectivity index (χ1) is 17.9. The van der Waals surface area contributed by atoms with Gasteiger partial charge in [0, 0.05) is 15.6 Å². The molecule has 14 heteroatoms. The first-order valence-electron chi connectivity index (χ1n) is 10.9. The molecule has 3 aromatic rings. The van der Waals surface area contributed by atoms with Crippen LogP contribution in [0.3, 0.4) is 0 Å². The van der Waals surface area contributed by atoms with E-state index >= 15 is 0 Å². The first-order valence-corrected chi connectivity index (χ1v) is 14.6. The number of benzene rings is 3. The van der Waals surface area contributed by atoms with Crippen LogP contribution in [-0.4, -0.2) is 34.2 Å². The summed E-state index contributed by atoms with van der Waals surface area (Å²) >= 11 is 12.3. The van der Waals surface area contributed by atoms with Crippen LogP contribution in [-0.2, 0) is 24.8 Å². The van der Waals surface area contributed by atoms with Gasteiger partial charge < -0.3 is 4.74 Å². The molecule has 3 aromatic carbocycles. The summed E-state index contributed by atoms with van der Waals surface area (Å²) in [6, 6.07) is 16.6. The third kappa shape index (κ3) is 5.99. The van der Waals surface area contributed by atoms with E-state index in [0.717, 1.165) is 11.1 Å². The van der Waals surface area contributed by atoms with E-state index in [1.54, 1.807) is 24.3 Å². The lowest BCUT2D eigenvalue weighted by Crippen LogP contribution is -2.28. The number of ether oxygens (including phenoxy) is 1. The van der Waals surface area contributed by atoms with Crippen molar-refractivity contribution in [3.05, 3.63) is 93.5 Å². The Hall–Kier alpha value is -3.45. The quantitative estimate of drug-likeness (QED) is 0.348. The normalized spacial score (nSPS) is 18.0. The van der Waals surface area contributed by atoms with Gasteiger partial charge in [-0.25, -0.2) is 0 Å². The summed E-state index contributed by atoms with van der Waals surface area (Å²) in [7, 11) is -8.25. The van der Waals surface area contributed by atoms with Gasteiger partial charge in [0.25, 0.3) is 20.0 Å². The first kappa shape index (κ1) is 27.6. The van der Waals surface area contributed by atoms with Gasteiger partial charge in [-0.1, -0.05) is 64.7 Å². The lowest BCUT2D eigenvalue weighted by molar-refractivity contribution is 0.274. The molecule has 198 valence electrons. The summed E-state index contributed by atoms with van der Waals surface area (Å²) in [5.74, 6) is -0.555. The molecule has 0 amide bonds. The summed E-state index contributed by atoms with van der Waals surface area (Å²) in [6.07, 6.45) is -1.18. The number of aryl methyl sites for hydroxylation is 2. The second kappa shape index (κ2) is 10.7. The van der Waals surface area contributed by atoms with Gasteiger partial charge in [0.2, 0.25) is 5.90 Å². The predicted octanol–water partition coefficient (Wildman–Crippen LogP) is 4.33. The molecule has 10 nitrogen and oxygen atoms in total. The fraction of sp³-hybridized carbons (Fsp3) is 0.125. The Bertz CT molecular complexity index is 1670. The van der Waals surface area contributed by atoms with Gasteiger partial charge in [-0.2, -0.15) is 36.7 Å². The van der Waals surface area contributed by atoms with Crippen LogP contribution in [0.15, 0.2) is 86.7 Å². The minimum atomic E-state index is -4.13. The van der Waals surface area contributed by atoms with Gasteiger partial charge in [-0.05, 0) is 50.2 Å². The number of hydrazone groups is 2. The Balaban J connectivity index is 1.75. The summed E-state index contributed by atoms with van der Waals surface area (Å²) in [5.41, 5.74) is 1.49. The molecule has 1 fully saturated rings. The van der Waals surface area contributed by atoms with Gasteiger partial charge >= 0.3 is 0 Å². The standard InChI is InChI=1S/C24H21Cl2N5O5S2/c1-14-3-8-17(9-4-14)37(32,33)30-28-21-22(29-31-38(34,35)18-10-5-15(2)6-11-18)24(27)36-23(21)19-12-7-16(25)13-20(19)26/h3-13,23,27,30-31H,1-2H3/b27-24?,28-21-,29-22-. The molecule has 0 aromatic heterocycles. The Morgan fingerprint density at radius 1 is 0.789 bits per heavy atom. The van der Waals surface area contributed by atoms with E-state index in [0.29, 0.717) is 10.6 Å². The van der Waals surface area contributed by atoms with E-state index in [1.165, 1.54) is 42.5 Å². The summed E-state index contributed by atoms with van der Waals surface area (Å²) in [5, 5.41) is 16.6. The minimum absolute atomic E-state index is 0.0546. The van der Waals surface area contributed by atoms with Crippen LogP contribution in [0.25, 0.3) is 0 Å². The zero-order chi connectivity index (χ0) is 27.7. The number of sulfonamides is 2. The van der Waals surface area contributed by atoms with E-state index in [1.807, 2.05) is 13.8 Å². The van der Waals surface area contributed by atoms with Crippen molar-refractivity contribution in [1.29, 1.82) is 5.41 Å². The van der Waals surface area contributed by atoms with Crippen LogP contribution < -0.4 is 9.66 Å². The lowest BCUT2D eigenvalue weighted by atomic mass is 10.0. The number of rotatable bonds is 7. The van der Waals surface area contributed by atoms with Crippen molar-refractivity contribution in [3.63, 3.8) is 0 Å². The maximum Gasteiger partial charge on any atom is 0.276 e. The van der Waals surface area contributed by atoms with Crippen molar-refractivity contribution in [2.75, 3.05) is 0 Å². The zero-order valence-corrected chi connectivity index (χ0v) is 23.1. The SMILES string of the molecule is Cc1ccc(S(=O)(=O)N/N=C2\C(=N)OC(c3ccc(Cl)cc3Cl)\C2=N/NS(=O)(=O)c2ccc(C)cc2)cc1. The number of hydrogen-bond acceptors (Lipinski definition) is 8. The highest BCUT2D eigenvalue weighted by molar-refractivity contribution is 7.89. The summed E-state index contributed by atoms with van der Waals surface area (Å²) in [4.78, 5) is 4.05. The topological polar surface area (TPSA) is 150 Å². The molecule has 1 unspecified atom stereocenters. The molecule has 0 radical (unpaired) electrons. The van der Waals surface area contributed by atoms with Crippen molar-refractivity contribution >= 4 is 60.6 Å². The molecule has 0 saturated carbocycles. The Morgan fingerprint density at radius 2 is 1.29 bits per heavy atom. The van der Waals surface area contributed by atoms with Gasteiger partial charge in [-0.3, -0.25) is 5.41 Å². The molecular weight excluding hydrogens is 573 g/mol. The molecular formula is C24H21Cl2N5O5S2. The van der Waals surface area contributed by atoms with Crippen molar-refractivity contribution in [3.8, 4) is 0 Å². The number of nitrogens with zero attached hydrogens (tertiary/aromatic N) is 2. The van der Waals surface area contributed by atoms with Crippen LogP contribution >= 0.6 is 23.2 Å². The molecule has 38 heavy (non-hydrogen) atoms. The molecule has 3 N–H and O–H groups in total. The van der Waals surface area contributed by atoms with Crippen molar-refractivity contribution < 1.29 is 21.6 Å².